The number of carbonyl (C=O) groups is 1. The van der Waals surface area contributed by atoms with E-state index in [4.69, 9.17) is 0 Å². The Morgan fingerprint density at radius 1 is 1.47 bits per heavy atom. The van der Waals surface area contributed by atoms with Crippen molar-refractivity contribution in [3.8, 4) is 0 Å². The maximum absolute atomic E-state index is 11.3. The van der Waals surface area contributed by atoms with Crippen LogP contribution in [0.1, 0.15) is 25.2 Å². The van der Waals surface area contributed by atoms with Crippen LogP contribution in [0.3, 0.4) is 0 Å². The van der Waals surface area contributed by atoms with Crippen molar-refractivity contribution in [1.29, 1.82) is 0 Å². The predicted octanol–water partition coefficient (Wildman–Crippen LogP) is 2.33. The van der Waals surface area contributed by atoms with Gasteiger partial charge < -0.3 is 4.74 Å². The van der Waals surface area contributed by atoms with E-state index in [0.717, 1.165) is 24.5 Å². The lowest BCUT2D eigenvalue weighted by Crippen LogP contribution is -2.24. The van der Waals surface area contributed by atoms with Gasteiger partial charge in [-0.3, -0.25) is 9.88 Å². The van der Waals surface area contributed by atoms with Crippen molar-refractivity contribution in [1.82, 2.24) is 9.88 Å². The Morgan fingerprint density at radius 3 is 2.79 bits per heavy atom. The number of carbonyl (C=O) groups excluding carboxylic acids is 1. The Balaban J connectivity index is 2.62. The Kier molecular flexibility index (Phi) is 6.22. The molecule has 0 N–H and O–H groups in total. The number of pyridine rings is 1. The summed E-state index contributed by atoms with van der Waals surface area (Å²) < 4.78 is 4.67. The van der Waals surface area contributed by atoms with E-state index in [9.17, 15) is 4.79 Å². The van der Waals surface area contributed by atoms with Gasteiger partial charge in [-0.15, -0.1) is 0 Å². The molecule has 0 bridgehead atoms. The van der Waals surface area contributed by atoms with Gasteiger partial charge in [-0.25, -0.2) is 4.79 Å². The number of hydrogen-bond acceptors (Lipinski definition) is 4. The minimum atomic E-state index is -0.273. The smallest absolute Gasteiger partial charge is 0.333 e. The molecule has 0 fully saturated rings. The van der Waals surface area contributed by atoms with E-state index < -0.39 is 0 Å². The largest absolute Gasteiger partial charge is 0.466 e. The van der Waals surface area contributed by atoms with Gasteiger partial charge in [0.15, 0.2) is 0 Å². The van der Waals surface area contributed by atoms with Gasteiger partial charge in [-0.1, -0.05) is 19.1 Å². The van der Waals surface area contributed by atoms with Crippen LogP contribution in [0.2, 0.25) is 0 Å². The van der Waals surface area contributed by atoms with Gasteiger partial charge in [0.1, 0.15) is 0 Å². The molecule has 0 aromatic carbocycles. The number of nitrogens with zero attached hydrogens (tertiary/aromatic N) is 2. The van der Waals surface area contributed by atoms with Crippen molar-refractivity contribution < 1.29 is 9.53 Å². The molecule has 0 atom stereocenters. The van der Waals surface area contributed by atoms with Crippen molar-refractivity contribution in [3.05, 3.63) is 41.2 Å². The summed E-state index contributed by atoms with van der Waals surface area (Å²) in [5.74, 6) is -0.273. The fourth-order valence-electron chi connectivity index (χ4n) is 1.73. The van der Waals surface area contributed by atoms with Crippen LogP contribution in [-0.2, 0) is 16.1 Å². The monoisotopic (exact) mass is 262 g/mol. The first-order chi connectivity index (χ1) is 9.06. The number of rotatable bonds is 6. The molecule has 0 saturated heterocycles. The van der Waals surface area contributed by atoms with Crippen molar-refractivity contribution in [2.75, 3.05) is 20.2 Å². The van der Waals surface area contributed by atoms with E-state index in [1.165, 1.54) is 7.11 Å². The molecule has 0 radical (unpaired) electrons. The Morgan fingerprint density at radius 2 is 2.21 bits per heavy atom. The lowest BCUT2D eigenvalue weighted by molar-refractivity contribution is -0.136. The molecule has 1 aromatic rings. The van der Waals surface area contributed by atoms with Crippen LogP contribution in [-0.4, -0.2) is 36.1 Å². The quantitative estimate of drug-likeness (QED) is 0.583. The first-order valence-corrected chi connectivity index (χ1v) is 6.46. The summed E-state index contributed by atoms with van der Waals surface area (Å²) in [6.45, 7) is 8.25. The molecular weight excluding hydrogens is 240 g/mol. The Bertz CT molecular complexity index is 455. The van der Waals surface area contributed by atoms with Crippen LogP contribution < -0.4 is 0 Å². The second kappa shape index (κ2) is 7.69. The van der Waals surface area contributed by atoms with Crippen molar-refractivity contribution >= 4 is 5.97 Å². The fourth-order valence-corrected chi connectivity index (χ4v) is 1.73. The lowest BCUT2D eigenvalue weighted by Gasteiger charge is -2.18. The molecule has 1 aromatic heterocycles. The topological polar surface area (TPSA) is 42.4 Å². The molecule has 1 heterocycles. The highest BCUT2D eigenvalue weighted by Gasteiger charge is 2.06. The Hall–Kier alpha value is -1.68. The summed E-state index contributed by atoms with van der Waals surface area (Å²) in [5, 5.41) is 0. The molecular formula is C15H22N2O2. The van der Waals surface area contributed by atoms with E-state index in [0.29, 0.717) is 12.1 Å². The molecule has 0 saturated carbocycles. The van der Waals surface area contributed by atoms with Crippen LogP contribution in [0.5, 0.6) is 0 Å². The number of methoxy groups -OCH3 is 1. The third-order valence-corrected chi connectivity index (χ3v) is 2.94. The standard InChI is InChI=1S/C15H22N2O2/c1-5-17(10-9-12(2)15(18)19-4)11-14-8-6-7-13(3)16-14/h6-9H,5,10-11H2,1-4H3. The zero-order chi connectivity index (χ0) is 14.3. The first kappa shape index (κ1) is 15.4. The first-order valence-electron chi connectivity index (χ1n) is 6.46. The number of esters is 1. The zero-order valence-electron chi connectivity index (χ0n) is 12.1. The normalized spacial score (nSPS) is 11.7. The molecule has 1 rings (SSSR count). The summed E-state index contributed by atoms with van der Waals surface area (Å²) in [4.78, 5) is 18.0. The van der Waals surface area contributed by atoms with Crippen molar-refractivity contribution in [2.45, 2.75) is 27.3 Å². The van der Waals surface area contributed by atoms with Crippen LogP contribution in [0.15, 0.2) is 29.8 Å². The van der Waals surface area contributed by atoms with E-state index in [1.54, 1.807) is 6.92 Å². The number of likely N-dealkylation sites (N-methyl/N-ethyl adjacent to an activating group) is 1. The summed E-state index contributed by atoms with van der Waals surface area (Å²) in [5.41, 5.74) is 2.71. The highest BCUT2D eigenvalue weighted by molar-refractivity contribution is 5.87. The summed E-state index contributed by atoms with van der Waals surface area (Å²) >= 11 is 0. The molecule has 4 heteroatoms. The molecule has 104 valence electrons. The highest BCUT2D eigenvalue weighted by Crippen LogP contribution is 2.04. The maximum Gasteiger partial charge on any atom is 0.333 e. The van der Waals surface area contributed by atoms with Gasteiger partial charge in [-0.05, 0) is 32.5 Å². The van der Waals surface area contributed by atoms with Crippen LogP contribution in [0.4, 0.5) is 0 Å². The number of aryl methyl sites for hydroxylation is 1. The molecule has 0 aliphatic heterocycles. The Labute approximate surface area is 115 Å². The molecule has 0 amide bonds. The van der Waals surface area contributed by atoms with Gasteiger partial charge in [0, 0.05) is 24.4 Å². The SMILES string of the molecule is CCN(CC=C(C)C(=O)OC)Cc1cccc(C)n1. The molecule has 0 spiro atoms. The summed E-state index contributed by atoms with van der Waals surface area (Å²) in [7, 11) is 1.40. The molecule has 0 aliphatic carbocycles. The minimum absolute atomic E-state index is 0.273. The van der Waals surface area contributed by atoms with Crippen molar-refractivity contribution in [2.24, 2.45) is 0 Å². The summed E-state index contributed by atoms with van der Waals surface area (Å²) in [6.07, 6.45) is 1.89. The van der Waals surface area contributed by atoms with Gasteiger partial charge in [0.05, 0.1) is 12.8 Å². The number of aromatic nitrogens is 1. The van der Waals surface area contributed by atoms with E-state index in [2.05, 4.69) is 21.5 Å². The van der Waals surface area contributed by atoms with Gasteiger partial charge in [0.2, 0.25) is 0 Å². The van der Waals surface area contributed by atoms with E-state index >= 15 is 0 Å². The average molecular weight is 262 g/mol. The van der Waals surface area contributed by atoms with Gasteiger partial charge in [0.25, 0.3) is 0 Å². The van der Waals surface area contributed by atoms with E-state index in [-0.39, 0.29) is 5.97 Å². The molecule has 0 aliphatic rings. The maximum atomic E-state index is 11.3. The average Bonchev–Trinajstić information content (AvgIpc) is 2.42. The minimum Gasteiger partial charge on any atom is -0.466 e. The number of hydrogen-bond donors (Lipinski definition) is 0. The third-order valence-electron chi connectivity index (χ3n) is 2.94. The van der Waals surface area contributed by atoms with Crippen LogP contribution in [0, 0.1) is 6.92 Å². The third kappa shape index (κ3) is 5.22. The van der Waals surface area contributed by atoms with Crippen LogP contribution >= 0.6 is 0 Å². The molecule has 0 unspecified atom stereocenters. The van der Waals surface area contributed by atoms with Crippen molar-refractivity contribution in [3.63, 3.8) is 0 Å². The van der Waals surface area contributed by atoms with E-state index in [1.807, 2.05) is 31.2 Å². The summed E-state index contributed by atoms with van der Waals surface area (Å²) in [6, 6.07) is 6.02. The molecule has 4 nitrogen and oxygen atoms in total. The van der Waals surface area contributed by atoms with Gasteiger partial charge in [-0.2, -0.15) is 0 Å². The lowest BCUT2D eigenvalue weighted by atomic mass is 10.2. The highest BCUT2D eigenvalue weighted by atomic mass is 16.5. The zero-order valence-corrected chi connectivity index (χ0v) is 12.1. The molecule has 19 heavy (non-hydrogen) atoms. The number of ether oxygens (including phenoxy) is 1. The second-order valence-corrected chi connectivity index (χ2v) is 4.48. The van der Waals surface area contributed by atoms with Crippen LogP contribution in [0.25, 0.3) is 0 Å². The fraction of sp³-hybridized carbons (Fsp3) is 0.467. The predicted molar refractivity (Wildman–Crippen MR) is 75.7 cm³/mol. The second-order valence-electron chi connectivity index (χ2n) is 4.48. The van der Waals surface area contributed by atoms with Gasteiger partial charge >= 0.3 is 5.97 Å².